The molecule has 0 radical (unpaired) electrons. The van der Waals surface area contributed by atoms with E-state index in [0.29, 0.717) is 11.7 Å². The number of hydrogen-bond donors (Lipinski definition) is 0. The third-order valence-electron chi connectivity index (χ3n) is 4.87. The van der Waals surface area contributed by atoms with Crippen molar-refractivity contribution in [1.82, 2.24) is 9.80 Å². The molecule has 0 aliphatic carbocycles. The van der Waals surface area contributed by atoms with Gasteiger partial charge < -0.3 is 19.3 Å². The van der Waals surface area contributed by atoms with Crippen molar-refractivity contribution in [1.29, 1.82) is 0 Å². The zero-order valence-electron chi connectivity index (χ0n) is 14.7. The highest BCUT2D eigenvalue weighted by Crippen LogP contribution is 2.21. The minimum absolute atomic E-state index is 0.252. The smallest absolute Gasteiger partial charge is 0.232 e. The van der Waals surface area contributed by atoms with E-state index in [4.69, 9.17) is 9.47 Å². The highest BCUT2D eigenvalue weighted by atomic mass is 32.2. The molecule has 5 nitrogen and oxygen atoms in total. The molecule has 6 heteroatoms. The molecule has 2 heterocycles. The van der Waals surface area contributed by atoms with E-state index in [9.17, 15) is 4.79 Å². The second-order valence-corrected chi connectivity index (χ2v) is 7.51. The van der Waals surface area contributed by atoms with Crippen LogP contribution in [0.25, 0.3) is 0 Å². The summed E-state index contributed by atoms with van der Waals surface area (Å²) in [5.41, 5.74) is 0. The van der Waals surface area contributed by atoms with Crippen molar-refractivity contribution in [2.75, 3.05) is 65.1 Å². The van der Waals surface area contributed by atoms with Crippen LogP contribution in [0.15, 0.2) is 0 Å². The molecule has 2 aliphatic rings. The molecule has 1 amide bonds. The molecular formula is C17H32N2O3S. The number of amides is 1. The average Bonchev–Trinajstić information content (AvgIpc) is 3.07. The Balaban J connectivity index is 1.79. The maximum absolute atomic E-state index is 12.4. The van der Waals surface area contributed by atoms with Crippen LogP contribution in [0, 0.1) is 5.92 Å². The van der Waals surface area contributed by atoms with E-state index in [1.165, 1.54) is 12.8 Å². The Labute approximate surface area is 145 Å². The summed E-state index contributed by atoms with van der Waals surface area (Å²) in [6.07, 6.45) is 6.83. The lowest BCUT2D eigenvalue weighted by Crippen LogP contribution is -2.44. The van der Waals surface area contributed by atoms with Crippen LogP contribution in [0.2, 0.25) is 0 Å². The van der Waals surface area contributed by atoms with Crippen LogP contribution >= 0.6 is 11.8 Å². The quantitative estimate of drug-likeness (QED) is 0.637. The number of hydrogen-bond acceptors (Lipinski definition) is 5. The second-order valence-electron chi connectivity index (χ2n) is 6.64. The van der Waals surface area contributed by atoms with Gasteiger partial charge in [0.25, 0.3) is 0 Å². The largest absolute Gasteiger partial charge is 0.383 e. The van der Waals surface area contributed by atoms with Gasteiger partial charge in [0.05, 0.1) is 18.5 Å². The first-order chi connectivity index (χ1) is 11.2. The van der Waals surface area contributed by atoms with Gasteiger partial charge in [-0.15, -0.1) is 0 Å². The number of nitrogens with zero attached hydrogens (tertiary/aromatic N) is 2. The Kier molecular flexibility index (Phi) is 8.72. The minimum Gasteiger partial charge on any atom is -0.383 e. The summed E-state index contributed by atoms with van der Waals surface area (Å²) in [7, 11) is 1.76. The zero-order chi connectivity index (χ0) is 16.5. The summed E-state index contributed by atoms with van der Waals surface area (Å²) in [4.78, 5) is 17.0. The van der Waals surface area contributed by atoms with Crippen molar-refractivity contribution < 1.29 is 14.3 Å². The average molecular weight is 345 g/mol. The standard InChI is InChI=1S/C17H32N2O3S/c1-21-11-9-18-7-5-15(6-8-18)12-19(17(20)14-23-2)13-16-4-3-10-22-16/h15-16H,3-14H2,1-2H3/t16-/m0/s1. The lowest BCUT2D eigenvalue weighted by atomic mass is 9.96. The normalized spacial score (nSPS) is 23.3. The molecule has 0 bridgehead atoms. The number of piperidine rings is 1. The van der Waals surface area contributed by atoms with Crippen LogP contribution in [-0.2, 0) is 14.3 Å². The monoisotopic (exact) mass is 344 g/mol. The maximum Gasteiger partial charge on any atom is 0.232 e. The molecule has 23 heavy (non-hydrogen) atoms. The van der Waals surface area contributed by atoms with Crippen LogP contribution in [-0.4, -0.2) is 86.9 Å². The Morgan fingerprint density at radius 1 is 1.30 bits per heavy atom. The third kappa shape index (κ3) is 6.61. The fourth-order valence-corrected chi connectivity index (χ4v) is 3.88. The summed E-state index contributed by atoms with van der Waals surface area (Å²) in [5.74, 6) is 1.48. The number of likely N-dealkylation sites (tertiary alicyclic amines) is 1. The molecule has 0 aromatic rings. The fourth-order valence-electron chi connectivity index (χ4n) is 3.45. The summed E-state index contributed by atoms with van der Waals surface area (Å²) in [6.45, 7) is 6.61. The first-order valence-electron chi connectivity index (χ1n) is 8.82. The van der Waals surface area contributed by atoms with Gasteiger partial charge in [-0.3, -0.25) is 4.79 Å². The summed E-state index contributed by atoms with van der Waals surface area (Å²) in [5, 5.41) is 0. The Bertz CT molecular complexity index is 343. The van der Waals surface area contributed by atoms with Gasteiger partial charge in [0.2, 0.25) is 5.91 Å². The van der Waals surface area contributed by atoms with Gasteiger partial charge in [-0.05, 0) is 50.9 Å². The van der Waals surface area contributed by atoms with Crippen LogP contribution in [0.3, 0.4) is 0 Å². The summed E-state index contributed by atoms with van der Waals surface area (Å²) < 4.78 is 10.9. The van der Waals surface area contributed by atoms with Crippen molar-refractivity contribution in [3.05, 3.63) is 0 Å². The van der Waals surface area contributed by atoms with Crippen molar-refractivity contribution in [3.8, 4) is 0 Å². The molecule has 134 valence electrons. The molecular weight excluding hydrogens is 312 g/mol. The van der Waals surface area contributed by atoms with E-state index in [-0.39, 0.29) is 12.0 Å². The molecule has 2 rings (SSSR count). The molecule has 2 fully saturated rings. The van der Waals surface area contributed by atoms with E-state index in [2.05, 4.69) is 9.80 Å². The van der Waals surface area contributed by atoms with E-state index < -0.39 is 0 Å². The van der Waals surface area contributed by atoms with E-state index >= 15 is 0 Å². The third-order valence-corrected chi connectivity index (χ3v) is 5.40. The Hall–Kier alpha value is -0.300. The van der Waals surface area contributed by atoms with Crippen molar-refractivity contribution in [2.24, 2.45) is 5.92 Å². The van der Waals surface area contributed by atoms with Gasteiger partial charge >= 0.3 is 0 Å². The van der Waals surface area contributed by atoms with Gasteiger partial charge in [-0.1, -0.05) is 0 Å². The van der Waals surface area contributed by atoms with Crippen LogP contribution in [0.5, 0.6) is 0 Å². The minimum atomic E-state index is 0.252. The van der Waals surface area contributed by atoms with Gasteiger partial charge in [0, 0.05) is 33.4 Å². The van der Waals surface area contributed by atoms with Crippen LogP contribution in [0.4, 0.5) is 0 Å². The molecule has 1 atom stereocenters. The van der Waals surface area contributed by atoms with Crippen LogP contribution < -0.4 is 0 Å². The summed E-state index contributed by atoms with van der Waals surface area (Å²) >= 11 is 1.61. The maximum atomic E-state index is 12.4. The molecule has 0 aromatic carbocycles. The second kappa shape index (κ2) is 10.5. The molecule has 0 saturated carbocycles. The Morgan fingerprint density at radius 2 is 2.09 bits per heavy atom. The number of thioether (sulfide) groups is 1. The summed E-state index contributed by atoms with van der Waals surface area (Å²) in [6, 6.07) is 0. The van der Waals surface area contributed by atoms with Gasteiger partial charge in [-0.2, -0.15) is 11.8 Å². The zero-order valence-corrected chi connectivity index (χ0v) is 15.5. The molecule has 0 N–H and O–H groups in total. The number of rotatable bonds is 9. The Morgan fingerprint density at radius 3 is 2.70 bits per heavy atom. The topological polar surface area (TPSA) is 42.0 Å². The predicted octanol–water partition coefficient (Wildman–Crippen LogP) is 1.72. The molecule has 0 unspecified atom stereocenters. The molecule has 0 aromatic heterocycles. The van der Waals surface area contributed by atoms with Crippen molar-refractivity contribution in [2.45, 2.75) is 31.8 Å². The first kappa shape index (κ1) is 19.0. The van der Waals surface area contributed by atoms with Crippen molar-refractivity contribution in [3.63, 3.8) is 0 Å². The van der Waals surface area contributed by atoms with E-state index in [0.717, 1.165) is 58.8 Å². The first-order valence-corrected chi connectivity index (χ1v) is 10.2. The van der Waals surface area contributed by atoms with Crippen LogP contribution in [0.1, 0.15) is 25.7 Å². The number of ether oxygens (including phenoxy) is 2. The number of carbonyl (C=O) groups excluding carboxylic acids is 1. The van der Waals surface area contributed by atoms with Gasteiger partial charge in [0.1, 0.15) is 0 Å². The molecule has 0 spiro atoms. The van der Waals surface area contributed by atoms with Gasteiger partial charge in [-0.25, -0.2) is 0 Å². The molecule has 2 aliphatic heterocycles. The number of carbonyl (C=O) groups is 1. The predicted molar refractivity (Wildman–Crippen MR) is 95.0 cm³/mol. The molecule has 2 saturated heterocycles. The van der Waals surface area contributed by atoms with E-state index in [1.807, 2.05) is 6.26 Å². The SMILES string of the molecule is COCCN1CCC(CN(C[C@@H]2CCCO2)C(=O)CSC)CC1. The lowest BCUT2D eigenvalue weighted by molar-refractivity contribution is -0.130. The van der Waals surface area contributed by atoms with Crippen molar-refractivity contribution >= 4 is 17.7 Å². The fraction of sp³-hybridized carbons (Fsp3) is 0.941. The van der Waals surface area contributed by atoms with E-state index in [1.54, 1.807) is 18.9 Å². The highest BCUT2D eigenvalue weighted by molar-refractivity contribution is 7.99. The number of methoxy groups -OCH3 is 1. The highest BCUT2D eigenvalue weighted by Gasteiger charge is 2.26. The lowest BCUT2D eigenvalue weighted by Gasteiger charge is -2.35. The van der Waals surface area contributed by atoms with Gasteiger partial charge in [0.15, 0.2) is 0 Å².